The number of hydrogen-bond donors (Lipinski definition) is 2. The van der Waals surface area contributed by atoms with Gasteiger partial charge in [-0.3, -0.25) is 0 Å². The molecule has 0 bridgehead atoms. The van der Waals surface area contributed by atoms with Gasteiger partial charge in [-0.05, 0) is 43.5 Å². The minimum atomic E-state index is 0.560. The van der Waals surface area contributed by atoms with Crippen LogP contribution in [0.3, 0.4) is 0 Å². The summed E-state index contributed by atoms with van der Waals surface area (Å²) in [5.41, 5.74) is 1.14. The van der Waals surface area contributed by atoms with Crippen molar-refractivity contribution in [3.05, 3.63) is 24.3 Å². The maximum absolute atomic E-state index is 5.65. The molecule has 1 atom stereocenters. The van der Waals surface area contributed by atoms with Crippen LogP contribution >= 0.6 is 0 Å². The number of hydrogen-bond acceptors (Lipinski definition) is 3. The molecule has 19 heavy (non-hydrogen) atoms. The molecule has 3 heteroatoms. The number of benzene rings is 1. The summed E-state index contributed by atoms with van der Waals surface area (Å²) in [5.74, 6) is 1.50. The van der Waals surface area contributed by atoms with E-state index in [2.05, 4.69) is 50.5 Å². The minimum Gasteiger partial charge on any atom is -0.493 e. The highest BCUT2D eigenvalue weighted by Crippen LogP contribution is 2.16. The first-order valence-corrected chi connectivity index (χ1v) is 7.32. The Kier molecular flexibility index (Phi) is 7.34. The molecule has 0 aliphatic rings. The summed E-state index contributed by atoms with van der Waals surface area (Å²) in [6.07, 6.45) is 1.17. The summed E-state index contributed by atoms with van der Waals surface area (Å²) in [5, 5.41) is 6.86. The smallest absolute Gasteiger partial charge is 0.119 e. The van der Waals surface area contributed by atoms with Gasteiger partial charge in [0.1, 0.15) is 5.75 Å². The molecule has 0 saturated heterocycles. The van der Waals surface area contributed by atoms with Crippen LogP contribution in [-0.4, -0.2) is 25.7 Å². The first-order chi connectivity index (χ1) is 9.11. The molecule has 0 spiro atoms. The highest BCUT2D eigenvalue weighted by Gasteiger charge is 1.98. The van der Waals surface area contributed by atoms with Gasteiger partial charge in [0.05, 0.1) is 6.61 Å². The van der Waals surface area contributed by atoms with Crippen LogP contribution in [0.25, 0.3) is 0 Å². The van der Waals surface area contributed by atoms with Crippen molar-refractivity contribution in [2.24, 2.45) is 5.92 Å². The molecular formula is C16H28N2O. The summed E-state index contributed by atoms with van der Waals surface area (Å²) in [6, 6.07) is 8.77. The van der Waals surface area contributed by atoms with Crippen molar-refractivity contribution < 1.29 is 4.74 Å². The van der Waals surface area contributed by atoms with Crippen molar-refractivity contribution in [1.29, 1.82) is 0 Å². The van der Waals surface area contributed by atoms with Gasteiger partial charge >= 0.3 is 0 Å². The van der Waals surface area contributed by atoms with Gasteiger partial charge < -0.3 is 15.4 Å². The lowest BCUT2D eigenvalue weighted by Crippen LogP contribution is -2.30. The predicted octanol–water partition coefficient (Wildman–Crippen LogP) is 3.52. The quantitative estimate of drug-likeness (QED) is 0.670. The minimum absolute atomic E-state index is 0.560. The molecule has 0 saturated carbocycles. The molecule has 0 aliphatic carbocycles. The second kappa shape index (κ2) is 8.81. The zero-order valence-corrected chi connectivity index (χ0v) is 12.7. The molecule has 108 valence electrons. The Morgan fingerprint density at radius 3 is 2.32 bits per heavy atom. The topological polar surface area (TPSA) is 33.3 Å². The molecule has 1 aromatic carbocycles. The molecule has 0 radical (unpaired) electrons. The van der Waals surface area contributed by atoms with Crippen molar-refractivity contribution in [2.75, 3.05) is 25.0 Å². The monoisotopic (exact) mass is 264 g/mol. The maximum Gasteiger partial charge on any atom is 0.119 e. The fourth-order valence-electron chi connectivity index (χ4n) is 1.60. The van der Waals surface area contributed by atoms with E-state index in [1.165, 1.54) is 6.42 Å². The third-order valence-corrected chi connectivity index (χ3v) is 3.00. The summed E-state index contributed by atoms with van der Waals surface area (Å²) >= 11 is 0. The first kappa shape index (κ1) is 15.8. The van der Waals surface area contributed by atoms with E-state index in [1.54, 1.807) is 0 Å². The number of anilines is 1. The Labute approximate surface area is 117 Å². The zero-order chi connectivity index (χ0) is 14.1. The van der Waals surface area contributed by atoms with Crippen LogP contribution in [-0.2, 0) is 0 Å². The highest BCUT2D eigenvalue weighted by molar-refractivity contribution is 5.46. The third-order valence-electron chi connectivity index (χ3n) is 3.00. The van der Waals surface area contributed by atoms with E-state index in [4.69, 9.17) is 4.74 Å². The molecule has 1 aromatic rings. The number of nitrogens with one attached hydrogen (secondary N) is 2. The lowest BCUT2D eigenvalue weighted by Gasteiger charge is -2.13. The molecule has 0 amide bonds. The number of rotatable bonds is 9. The summed E-state index contributed by atoms with van der Waals surface area (Å²) in [6.45, 7) is 11.4. The lowest BCUT2D eigenvalue weighted by atomic mass is 10.2. The summed E-state index contributed by atoms with van der Waals surface area (Å²) in [4.78, 5) is 0. The molecular weight excluding hydrogens is 236 g/mol. The van der Waals surface area contributed by atoms with Crippen molar-refractivity contribution in [3.63, 3.8) is 0 Å². The molecule has 0 aromatic heterocycles. The van der Waals surface area contributed by atoms with Crippen LogP contribution in [0, 0.1) is 5.92 Å². The van der Waals surface area contributed by atoms with Crippen molar-refractivity contribution in [1.82, 2.24) is 5.32 Å². The Balaban J connectivity index is 2.24. The Bertz CT molecular complexity index is 335. The predicted molar refractivity (Wildman–Crippen MR) is 83.0 cm³/mol. The van der Waals surface area contributed by atoms with Crippen LogP contribution < -0.4 is 15.4 Å². The third kappa shape index (κ3) is 7.06. The standard InChI is InChI=1S/C16H28N2O/c1-5-14(4)17-10-11-18-15-6-8-16(9-7-15)19-12-13(2)3/h6-9,13-14,17-18H,5,10-12H2,1-4H3. The zero-order valence-electron chi connectivity index (χ0n) is 12.7. The van der Waals surface area contributed by atoms with E-state index >= 15 is 0 Å². The van der Waals surface area contributed by atoms with Gasteiger partial charge in [0.15, 0.2) is 0 Å². The van der Waals surface area contributed by atoms with E-state index in [0.717, 1.165) is 31.1 Å². The van der Waals surface area contributed by atoms with E-state index < -0.39 is 0 Å². The van der Waals surface area contributed by atoms with Crippen molar-refractivity contribution in [2.45, 2.75) is 40.2 Å². The second-order valence-corrected chi connectivity index (χ2v) is 5.42. The fourth-order valence-corrected chi connectivity index (χ4v) is 1.60. The molecule has 3 nitrogen and oxygen atoms in total. The normalized spacial score (nSPS) is 12.5. The van der Waals surface area contributed by atoms with Crippen LogP contribution in [0.2, 0.25) is 0 Å². The van der Waals surface area contributed by atoms with E-state index in [0.29, 0.717) is 12.0 Å². The van der Waals surface area contributed by atoms with E-state index in [9.17, 15) is 0 Å². The molecule has 0 heterocycles. The summed E-state index contributed by atoms with van der Waals surface area (Å²) in [7, 11) is 0. The van der Waals surface area contributed by atoms with Gasteiger partial charge in [0.25, 0.3) is 0 Å². The van der Waals surface area contributed by atoms with E-state index in [-0.39, 0.29) is 0 Å². The molecule has 0 fully saturated rings. The van der Waals surface area contributed by atoms with Crippen LogP contribution in [0.4, 0.5) is 5.69 Å². The Morgan fingerprint density at radius 2 is 1.74 bits per heavy atom. The Morgan fingerprint density at radius 1 is 1.05 bits per heavy atom. The van der Waals surface area contributed by atoms with Crippen LogP contribution in [0.5, 0.6) is 5.75 Å². The van der Waals surface area contributed by atoms with Gasteiger partial charge in [-0.2, -0.15) is 0 Å². The number of ether oxygens (including phenoxy) is 1. The largest absolute Gasteiger partial charge is 0.493 e. The maximum atomic E-state index is 5.65. The Hall–Kier alpha value is -1.22. The fraction of sp³-hybridized carbons (Fsp3) is 0.625. The van der Waals surface area contributed by atoms with Gasteiger partial charge in [-0.1, -0.05) is 20.8 Å². The van der Waals surface area contributed by atoms with E-state index in [1.807, 2.05) is 12.1 Å². The molecule has 1 unspecified atom stereocenters. The molecule has 0 aliphatic heterocycles. The van der Waals surface area contributed by atoms with Crippen LogP contribution in [0.1, 0.15) is 34.1 Å². The lowest BCUT2D eigenvalue weighted by molar-refractivity contribution is 0.271. The average molecular weight is 264 g/mol. The van der Waals surface area contributed by atoms with Crippen LogP contribution in [0.15, 0.2) is 24.3 Å². The highest BCUT2D eigenvalue weighted by atomic mass is 16.5. The van der Waals surface area contributed by atoms with Gasteiger partial charge in [-0.25, -0.2) is 0 Å². The van der Waals surface area contributed by atoms with Gasteiger partial charge in [0.2, 0.25) is 0 Å². The molecule has 1 rings (SSSR count). The average Bonchev–Trinajstić information content (AvgIpc) is 2.42. The first-order valence-electron chi connectivity index (χ1n) is 7.32. The summed E-state index contributed by atoms with van der Waals surface area (Å²) < 4.78 is 5.65. The molecule has 2 N–H and O–H groups in total. The van der Waals surface area contributed by atoms with Gasteiger partial charge in [-0.15, -0.1) is 0 Å². The second-order valence-electron chi connectivity index (χ2n) is 5.42. The van der Waals surface area contributed by atoms with Gasteiger partial charge in [0, 0.05) is 24.8 Å². The van der Waals surface area contributed by atoms with Crippen molar-refractivity contribution >= 4 is 5.69 Å². The van der Waals surface area contributed by atoms with Crippen molar-refractivity contribution in [3.8, 4) is 5.75 Å². The SMILES string of the molecule is CCC(C)NCCNc1ccc(OCC(C)C)cc1.